The Labute approximate surface area is 129 Å². The maximum absolute atomic E-state index is 5.97. The molecule has 0 amide bonds. The zero-order valence-corrected chi connectivity index (χ0v) is 12.4. The number of nitrogens with one attached hydrogen (secondary N) is 1. The molecule has 2 aromatic carbocycles. The summed E-state index contributed by atoms with van der Waals surface area (Å²) in [4.78, 5) is 0. The Bertz CT molecular complexity index is 725. The highest BCUT2D eigenvalue weighted by molar-refractivity contribution is 5.34. The maximum atomic E-state index is 5.97. The molecular formula is C17H18N4O. The molecule has 1 heterocycles. The normalized spacial score (nSPS) is 10.4. The molecule has 0 bridgehead atoms. The van der Waals surface area contributed by atoms with E-state index in [1.807, 2.05) is 30.3 Å². The SMILES string of the molecule is Cc1cccc(COc2ccccc2CNn2cnnc2)c1. The van der Waals surface area contributed by atoms with Gasteiger partial charge in [-0.05, 0) is 18.6 Å². The molecule has 0 fully saturated rings. The summed E-state index contributed by atoms with van der Waals surface area (Å²) in [7, 11) is 0. The van der Waals surface area contributed by atoms with E-state index in [4.69, 9.17) is 4.74 Å². The molecular weight excluding hydrogens is 276 g/mol. The quantitative estimate of drug-likeness (QED) is 0.759. The second kappa shape index (κ2) is 6.76. The fourth-order valence-electron chi connectivity index (χ4n) is 2.21. The van der Waals surface area contributed by atoms with Gasteiger partial charge < -0.3 is 10.2 Å². The summed E-state index contributed by atoms with van der Waals surface area (Å²) >= 11 is 0. The summed E-state index contributed by atoms with van der Waals surface area (Å²) in [5.41, 5.74) is 6.69. The van der Waals surface area contributed by atoms with E-state index in [1.54, 1.807) is 17.3 Å². The van der Waals surface area contributed by atoms with Crippen LogP contribution < -0.4 is 10.2 Å². The first kappa shape index (κ1) is 14.1. The van der Waals surface area contributed by atoms with Crippen LogP contribution >= 0.6 is 0 Å². The summed E-state index contributed by atoms with van der Waals surface area (Å²) in [6, 6.07) is 16.4. The molecule has 0 saturated heterocycles. The molecule has 3 aromatic rings. The van der Waals surface area contributed by atoms with Gasteiger partial charge >= 0.3 is 0 Å². The van der Waals surface area contributed by atoms with Crippen LogP contribution in [0.2, 0.25) is 0 Å². The molecule has 5 heteroatoms. The Morgan fingerprint density at radius 3 is 2.68 bits per heavy atom. The van der Waals surface area contributed by atoms with Crippen LogP contribution in [0.4, 0.5) is 0 Å². The van der Waals surface area contributed by atoms with E-state index < -0.39 is 0 Å². The molecule has 0 atom stereocenters. The average Bonchev–Trinajstić information content (AvgIpc) is 3.05. The first-order valence-corrected chi connectivity index (χ1v) is 7.16. The third-order valence-electron chi connectivity index (χ3n) is 3.32. The topological polar surface area (TPSA) is 52.0 Å². The number of ether oxygens (including phenoxy) is 1. The highest BCUT2D eigenvalue weighted by Gasteiger charge is 2.04. The van der Waals surface area contributed by atoms with E-state index in [-0.39, 0.29) is 0 Å². The molecule has 1 N–H and O–H groups in total. The van der Waals surface area contributed by atoms with E-state index in [0.717, 1.165) is 11.3 Å². The van der Waals surface area contributed by atoms with Gasteiger partial charge in [0, 0.05) is 5.56 Å². The number of aromatic nitrogens is 3. The highest BCUT2D eigenvalue weighted by Crippen LogP contribution is 2.19. The van der Waals surface area contributed by atoms with E-state index in [2.05, 4.69) is 40.7 Å². The van der Waals surface area contributed by atoms with E-state index in [1.165, 1.54) is 11.1 Å². The lowest BCUT2D eigenvalue weighted by Crippen LogP contribution is -2.13. The van der Waals surface area contributed by atoms with Crippen molar-refractivity contribution in [3.05, 3.63) is 77.9 Å². The van der Waals surface area contributed by atoms with Gasteiger partial charge in [-0.15, -0.1) is 10.2 Å². The predicted molar refractivity (Wildman–Crippen MR) is 85.0 cm³/mol. The lowest BCUT2D eigenvalue weighted by Gasteiger charge is -2.13. The van der Waals surface area contributed by atoms with E-state index in [0.29, 0.717) is 13.2 Å². The Morgan fingerprint density at radius 1 is 1.05 bits per heavy atom. The van der Waals surface area contributed by atoms with Crippen molar-refractivity contribution in [1.29, 1.82) is 0 Å². The van der Waals surface area contributed by atoms with Gasteiger partial charge in [-0.1, -0.05) is 48.0 Å². The van der Waals surface area contributed by atoms with Crippen LogP contribution in [0.1, 0.15) is 16.7 Å². The Hall–Kier alpha value is -2.82. The number of aryl methyl sites for hydroxylation is 1. The number of nitrogens with zero attached hydrogens (tertiary/aromatic N) is 3. The standard InChI is InChI=1S/C17H18N4O/c1-14-5-4-6-15(9-14)11-22-17-8-3-2-7-16(17)10-20-21-12-18-19-13-21/h2-9,12-13,20H,10-11H2,1H3. The minimum atomic E-state index is 0.561. The summed E-state index contributed by atoms with van der Waals surface area (Å²) in [5, 5.41) is 7.52. The van der Waals surface area contributed by atoms with Crippen LogP contribution in [0.15, 0.2) is 61.2 Å². The number of para-hydroxylation sites is 1. The lowest BCUT2D eigenvalue weighted by atomic mass is 10.1. The molecule has 0 radical (unpaired) electrons. The number of hydrogen-bond acceptors (Lipinski definition) is 4. The first-order chi connectivity index (χ1) is 10.8. The third kappa shape index (κ3) is 3.63. The van der Waals surface area contributed by atoms with Gasteiger partial charge in [0.1, 0.15) is 25.0 Å². The summed E-state index contributed by atoms with van der Waals surface area (Å²) in [5.74, 6) is 0.879. The third-order valence-corrected chi connectivity index (χ3v) is 3.32. The molecule has 3 rings (SSSR count). The van der Waals surface area contributed by atoms with E-state index in [9.17, 15) is 0 Å². The second-order valence-electron chi connectivity index (χ2n) is 5.09. The summed E-state index contributed by atoms with van der Waals surface area (Å²) in [6.07, 6.45) is 3.24. The van der Waals surface area contributed by atoms with Crippen molar-refractivity contribution in [3.8, 4) is 5.75 Å². The van der Waals surface area contributed by atoms with Gasteiger partial charge in [0.05, 0.1) is 6.54 Å². The zero-order chi connectivity index (χ0) is 15.2. The van der Waals surface area contributed by atoms with Crippen LogP contribution in [0, 0.1) is 6.92 Å². The van der Waals surface area contributed by atoms with Gasteiger partial charge in [0.15, 0.2) is 0 Å². The minimum Gasteiger partial charge on any atom is -0.489 e. The largest absolute Gasteiger partial charge is 0.489 e. The average molecular weight is 294 g/mol. The Morgan fingerprint density at radius 2 is 1.86 bits per heavy atom. The van der Waals surface area contributed by atoms with E-state index >= 15 is 0 Å². The molecule has 0 aliphatic carbocycles. The monoisotopic (exact) mass is 294 g/mol. The van der Waals surface area contributed by atoms with Crippen molar-refractivity contribution < 1.29 is 4.74 Å². The molecule has 0 spiro atoms. The summed E-state index contributed by atoms with van der Waals surface area (Å²) < 4.78 is 7.69. The Balaban J connectivity index is 1.65. The molecule has 22 heavy (non-hydrogen) atoms. The molecule has 112 valence electrons. The van der Waals surface area contributed by atoms with Crippen molar-refractivity contribution in [3.63, 3.8) is 0 Å². The van der Waals surface area contributed by atoms with Crippen molar-refractivity contribution in [2.75, 3.05) is 5.43 Å². The molecule has 0 unspecified atom stereocenters. The van der Waals surface area contributed by atoms with Crippen LogP contribution in [-0.2, 0) is 13.2 Å². The molecule has 1 aromatic heterocycles. The predicted octanol–water partition coefficient (Wildman–Crippen LogP) is 2.91. The van der Waals surface area contributed by atoms with Crippen LogP contribution in [-0.4, -0.2) is 14.9 Å². The fourth-order valence-corrected chi connectivity index (χ4v) is 2.21. The van der Waals surface area contributed by atoms with Crippen molar-refractivity contribution in [2.24, 2.45) is 0 Å². The maximum Gasteiger partial charge on any atom is 0.138 e. The van der Waals surface area contributed by atoms with Gasteiger partial charge in [0.2, 0.25) is 0 Å². The number of hydrogen-bond donors (Lipinski definition) is 1. The fraction of sp³-hybridized carbons (Fsp3) is 0.176. The smallest absolute Gasteiger partial charge is 0.138 e. The molecule has 0 saturated carbocycles. The van der Waals surface area contributed by atoms with Crippen molar-refractivity contribution in [1.82, 2.24) is 14.9 Å². The second-order valence-corrected chi connectivity index (χ2v) is 5.09. The number of benzene rings is 2. The van der Waals surface area contributed by atoms with Crippen LogP contribution in [0.25, 0.3) is 0 Å². The van der Waals surface area contributed by atoms with Crippen LogP contribution in [0.5, 0.6) is 5.75 Å². The zero-order valence-electron chi connectivity index (χ0n) is 12.4. The first-order valence-electron chi connectivity index (χ1n) is 7.16. The van der Waals surface area contributed by atoms with Gasteiger partial charge in [0.25, 0.3) is 0 Å². The van der Waals surface area contributed by atoms with Gasteiger partial charge in [-0.3, -0.25) is 0 Å². The minimum absolute atomic E-state index is 0.561. The number of rotatable bonds is 6. The van der Waals surface area contributed by atoms with Gasteiger partial charge in [-0.25, -0.2) is 4.68 Å². The van der Waals surface area contributed by atoms with Crippen molar-refractivity contribution >= 4 is 0 Å². The lowest BCUT2D eigenvalue weighted by molar-refractivity contribution is 0.303. The summed E-state index contributed by atoms with van der Waals surface area (Å²) in [6.45, 7) is 3.29. The molecule has 5 nitrogen and oxygen atoms in total. The van der Waals surface area contributed by atoms with Crippen LogP contribution in [0.3, 0.4) is 0 Å². The molecule has 0 aliphatic heterocycles. The molecule has 0 aliphatic rings. The Kier molecular flexibility index (Phi) is 4.34. The van der Waals surface area contributed by atoms with Crippen molar-refractivity contribution in [2.45, 2.75) is 20.1 Å². The highest BCUT2D eigenvalue weighted by atomic mass is 16.5. The van der Waals surface area contributed by atoms with Gasteiger partial charge in [-0.2, -0.15) is 0 Å².